The fourth-order valence-corrected chi connectivity index (χ4v) is 2.33. The summed E-state index contributed by atoms with van der Waals surface area (Å²) >= 11 is 0. The van der Waals surface area contributed by atoms with Gasteiger partial charge in [-0.05, 0) is 24.3 Å². The standard InChI is InChI=1S/C11H12N4O2S/c1-12-11-5-4-9(7-14-11)15-18(16,17)10-3-2-6-13-8-10/h2-8,15H,1H3,(H,12,14). The second-order valence-corrected chi connectivity index (χ2v) is 5.16. The van der Waals surface area contributed by atoms with Crippen molar-refractivity contribution in [1.29, 1.82) is 0 Å². The highest BCUT2D eigenvalue weighted by Gasteiger charge is 2.13. The molecule has 0 saturated carbocycles. The Kier molecular flexibility index (Phi) is 3.42. The zero-order valence-corrected chi connectivity index (χ0v) is 10.5. The quantitative estimate of drug-likeness (QED) is 0.870. The van der Waals surface area contributed by atoms with Crippen LogP contribution in [0.2, 0.25) is 0 Å². The van der Waals surface area contributed by atoms with Gasteiger partial charge in [-0.15, -0.1) is 0 Å². The lowest BCUT2D eigenvalue weighted by atomic mass is 10.4. The molecule has 0 bridgehead atoms. The summed E-state index contributed by atoms with van der Waals surface area (Å²) in [5.41, 5.74) is 0.401. The minimum atomic E-state index is -3.61. The maximum atomic E-state index is 12.0. The van der Waals surface area contributed by atoms with Crippen LogP contribution in [0.25, 0.3) is 0 Å². The summed E-state index contributed by atoms with van der Waals surface area (Å²) in [7, 11) is -1.87. The molecule has 0 saturated heterocycles. The summed E-state index contributed by atoms with van der Waals surface area (Å²) in [6, 6.07) is 6.36. The maximum Gasteiger partial charge on any atom is 0.263 e. The average molecular weight is 264 g/mol. The van der Waals surface area contributed by atoms with Crippen molar-refractivity contribution in [3.8, 4) is 0 Å². The molecule has 0 aromatic carbocycles. The Hall–Kier alpha value is -2.15. The first kappa shape index (κ1) is 12.3. The van der Waals surface area contributed by atoms with Crippen molar-refractivity contribution in [3.63, 3.8) is 0 Å². The molecule has 0 spiro atoms. The maximum absolute atomic E-state index is 12.0. The van der Waals surface area contributed by atoms with E-state index >= 15 is 0 Å². The van der Waals surface area contributed by atoms with E-state index in [0.29, 0.717) is 11.5 Å². The number of hydrogen-bond donors (Lipinski definition) is 2. The van der Waals surface area contributed by atoms with Crippen molar-refractivity contribution in [2.24, 2.45) is 0 Å². The van der Waals surface area contributed by atoms with Crippen molar-refractivity contribution in [1.82, 2.24) is 9.97 Å². The lowest BCUT2D eigenvalue weighted by Crippen LogP contribution is -2.13. The first-order chi connectivity index (χ1) is 8.62. The summed E-state index contributed by atoms with van der Waals surface area (Å²) in [6.45, 7) is 0. The summed E-state index contributed by atoms with van der Waals surface area (Å²) in [6.07, 6.45) is 4.25. The molecule has 7 heteroatoms. The van der Waals surface area contributed by atoms with E-state index in [4.69, 9.17) is 0 Å². The van der Waals surface area contributed by atoms with E-state index < -0.39 is 10.0 Å². The van der Waals surface area contributed by atoms with Gasteiger partial charge in [0, 0.05) is 19.4 Å². The third-order valence-corrected chi connectivity index (χ3v) is 3.58. The summed E-state index contributed by atoms with van der Waals surface area (Å²) < 4.78 is 26.4. The van der Waals surface area contributed by atoms with Crippen molar-refractivity contribution in [2.75, 3.05) is 17.1 Å². The Balaban J connectivity index is 2.22. The van der Waals surface area contributed by atoms with Crippen LogP contribution in [0.3, 0.4) is 0 Å². The predicted octanol–water partition coefficient (Wildman–Crippen LogP) is 1.32. The molecule has 2 aromatic heterocycles. The molecule has 0 fully saturated rings. The first-order valence-corrected chi connectivity index (χ1v) is 6.67. The summed E-state index contributed by atoms with van der Waals surface area (Å²) in [4.78, 5) is 7.91. The van der Waals surface area contributed by atoms with Crippen molar-refractivity contribution in [3.05, 3.63) is 42.9 Å². The van der Waals surface area contributed by atoms with E-state index in [0.717, 1.165) is 0 Å². The Morgan fingerprint density at radius 3 is 2.56 bits per heavy atom. The van der Waals surface area contributed by atoms with Gasteiger partial charge in [0.05, 0.1) is 11.9 Å². The van der Waals surface area contributed by atoms with Gasteiger partial charge in [0.25, 0.3) is 10.0 Å². The third kappa shape index (κ3) is 2.75. The Morgan fingerprint density at radius 1 is 1.17 bits per heavy atom. The number of nitrogens with zero attached hydrogens (tertiary/aromatic N) is 2. The van der Waals surface area contributed by atoms with Gasteiger partial charge in [0.2, 0.25) is 0 Å². The molecule has 2 N–H and O–H groups in total. The molecule has 0 aliphatic carbocycles. The van der Waals surface area contributed by atoms with Gasteiger partial charge >= 0.3 is 0 Å². The third-order valence-electron chi connectivity index (χ3n) is 2.22. The van der Waals surface area contributed by atoms with E-state index in [1.54, 1.807) is 25.2 Å². The number of pyridine rings is 2. The number of anilines is 2. The molecule has 2 rings (SSSR count). The minimum Gasteiger partial charge on any atom is -0.373 e. The first-order valence-electron chi connectivity index (χ1n) is 5.18. The van der Waals surface area contributed by atoms with Gasteiger partial charge in [-0.25, -0.2) is 13.4 Å². The van der Waals surface area contributed by atoms with Crippen LogP contribution >= 0.6 is 0 Å². The minimum absolute atomic E-state index is 0.114. The molecule has 0 radical (unpaired) electrons. The monoisotopic (exact) mass is 264 g/mol. The highest BCUT2D eigenvalue weighted by atomic mass is 32.2. The molecular weight excluding hydrogens is 252 g/mol. The Bertz CT molecular complexity index is 611. The topological polar surface area (TPSA) is 84.0 Å². The lowest BCUT2D eigenvalue weighted by Gasteiger charge is -2.07. The predicted molar refractivity (Wildman–Crippen MR) is 68.8 cm³/mol. The molecule has 2 heterocycles. The van der Waals surface area contributed by atoms with Crippen LogP contribution in [0.1, 0.15) is 0 Å². The molecule has 0 amide bonds. The van der Waals surface area contributed by atoms with E-state index in [1.165, 1.54) is 24.7 Å². The number of sulfonamides is 1. The average Bonchev–Trinajstić information content (AvgIpc) is 2.40. The van der Waals surface area contributed by atoms with E-state index in [9.17, 15) is 8.42 Å². The number of rotatable bonds is 4. The van der Waals surface area contributed by atoms with Crippen LogP contribution in [0.5, 0.6) is 0 Å². The van der Waals surface area contributed by atoms with Gasteiger partial charge < -0.3 is 5.32 Å². The molecule has 2 aromatic rings. The van der Waals surface area contributed by atoms with Crippen LogP contribution in [0.4, 0.5) is 11.5 Å². The molecule has 0 unspecified atom stereocenters. The molecular formula is C11H12N4O2S. The van der Waals surface area contributed by atoms with Gasteiger partial charge in [-0.3, -0.25) is 9.71 Å². The largest absolute Gasteiger partial charge is 0.373 e. The molecule has 0 aliphatic heterocycles. The van der Waals surface area contributed by atoms with Crippen LogP contribution in [0.15, 0.2) is 47.8 Å². The van der Waals surface area contributed by atoms with Gasteiger partial charge in [0.15, 0.2) is 0 Å². The summed E-state index contributed by atoms with van der Waals surface area (Å²) in [5, 5.41) is 2.85. The second-order valence-electron chi connectivity index (χ2n) is 3.48. The van der Waals surface area contributed by atoms with E-state index in [1.807, 2.05) is 0 Å². The Morgan fingerprint density at radius 2 is 2.00 bits per heavy atom. The molecule has 6 nitrogen and oxygen atoms in total. The van der Waals surface area contributed by atoms with Gasteiger partial charge in [-0.2, -0.15) is 0 Å². The Labute approximate surface area is 105 Å². The molecule has 0 atom stereocenters. The smallest absolute Gasteiger partial charge is 0.263 e. The van der Waals surface area contributed by atoms with Crippen LogP contribution in [-0.4, -0.2) is 25.4 Å². The second kappa shape index (κ2) is 5.01. The zero-order chi connectivity index (χ0) is 13.0. The van der Waals surface area contributed by atoms with Gasteiger partial charge in [-0.1, -0.05) is 0 Å². The highest BCUT2D eigenvalue weighted by Crippen LogP contribution is 2.15. The van der Waals surface area contributed by atoms with Crippen molar-refractivity contribution >= 4 is 21.5 Å². The van der Waals surface area contributed by atoms with Gasteiger partial charge in [0.1, 0.15) is 10.7 Å². The van der Waals surface area contributed by atoms with E-state index in [-0.39, 0.29) is 4.90 Å². The summed E-state index contributed by atoms with van der Waals surface area (Å²) in [5.74, 6) is 0.666. The number of aromatic nitrogens is 2. The zero-order valence-electron chi connectivity index (χ0n) is 9.66. The van der Waals surface area contributed by atoms with Crippen molar-refractivity contribution in [2.45, 2.75) is 4.90 Å². The number of nitrogens with one attached hydrogen (secondary N) is 2. The van der Waals surface area contributed by atoms with Crippen LogP contribution in [-0.2, 0) is 10.0 Å². The lowest BCUT2D eigenvalue weighted by molar-refractivity contribution is 0.601. The SMILES string of the molecule is CNc1ccc(NS(=O)(=O)c2cccnc2)cn1. The normalized spacial score (nSPS) is 10.9. The fourth-order valence-electron chi connectivity index (χ4n) is 1.32. The molecule has 18 heavy (non-hydrogen) atoms. The highest BCUT2D eigenvalue weighted by molar-refractivity contribution is 7.92. The molecule has 94 valence electrons. The van der Waals surface area contributed by atoms with E-state index in [2.05, 4.69) is 20.0 Å². The van der Waals surface area contributed by atoms with Crippen LogP contribution < -0.4 is 10.0 Å². The van der Waals surface area contributed by atoms with Crippen molar-refractivity contribution < 1.29 is 8.42 Å². The molecule has 0 aliphatic rings. The van der Waals surface area contributed by atoms with Crippen LogP contribution in [0, 0.1) is 0 Å². The number of hydrogen-bond acceptors (Lipinski definition) is 5. The fraction of sp³-hybridized carbons (Fsp3) is 0.0909.